The van der Waals surface area contributed by atoms with Gasteiger partial charge in [0.25, 0.3) is 0 Å². The lowest BCUT2D eigenvalue weighted by molar-refractivity contribution is 0.0849. The lowest BCUT2D eigenvalue weighted by Crippen LogP contribution is -2.47. The van der Waals surface area contributed by atoms with Crippen LogP contribution in [-0.2, 0) is 11.3 Å². The second kappa shape index (κ2) is 6.43. The van der Waals surface area contributed by atoms with Crippen LogP contribution in [0.2, 0.25) is 0 Å². The van der Waals surface area contributed by atoms with Gasteiger partial charge in [-0.3, -0.25) is 0 Å². The first-order valence-corrected chi connectivity index (χ1v) is 7.45. The van der Waals surface area contributed by atoms with Crippen molar-refractivity contribution in [2.45, 2.75) is 20.5 Å². The summed E-state index contributed by atoms with van der Waals surface area (Å²) in [6, 6.07) is 9.69. The van der Waals surface area contributed by atoms with Gasteiger partial charge in [0.15, 0.2) is 0 Å². The highest BCUT2D eigenvalue weighted by atomic mass is 32.1. The Morgan fingerprint density at radius 1 is 1.38 bits per heavy atom. The fraction of sp³-hybridized carbons (Fsp3) is 0.438. The lowest BCUT2D eigenvalue weighted by atomic mass is 9.85. The van der Waals surface area contributed by atoms with Crippen molar-refractivity contribution in [2.75, 3.05) is 20.1 Å². The average molecular weight is 306 g/mol. The Labute approximate surface area is 131 Å². The molecule has 0 radical (unpaired) electrons. The second-order valence-electron chi connectivity index (χ2n) is 5.85. The van der Waals surface area contributed by atoms with Crippen LogP contribution >= 0.6 is 12.6 Å². The van der Waals surface area contributed by atoms with Crippen molar-refractivity contribution in [1.82, 2.24) is 10.2 Å². The number of amides is 1. The number of rotatable bonds is 3. The average Bonchev–Trinajstić information content (AvgIpc) is 2.44. The van der Waals surface area contributed by atoms with Gasteiger partial charge in [-0.2, -0.15) is 0 Å². The van der Waals surface area contributed by atoms with Crippen molar-refractivity contribution in [3.8, 4) is 0 Å². The Hall–Kier alpha value is -1.62. The van der Waals surface area contributed by atoms with Crippen LogP contribution in [-0.4, -0.2) is 31.1 Å². The molecule has 0 aromatic heterocycles. The van der Waals surface area contributed by atoms with Crippen molar-refractivity contribution in [1.29, 1.82) is 0 Å². The largest absolute Gasteiger partial charge is 0.445 e. The first-order chi connectivity index (χ1) is 9.94. The van der Waals surface area contributed by atoms with Gasteiger partial charge < -0.3 is 15.0 Å². The van der Waals surface area contributed by atoms with E-state index in [0.717, 1.165) is 16.2 Å². The number of carbonyl (C=O) groups excluding carboxylic acids is 1. The van der Waals surface area contributed by atoms with Gasteiger partial charge in [-0.05, 0) is 5.56 Å². The molecule has 5 heteroatoms. The minimum Gasteiger partial charge on any atom is -0.445 e. The van der Waals surface area contributed by atoms with E-state index in [1.165, 1.54) is 0 Å². The molecule has 1 aliphatic rings. The number of thiol groups is 1. The van der Waals surface area contributed by atoms with Gasteiger partial charge in [-0.15, -0.1) is 12.6 Å². The zero-order valence-corrected chi connectivity index (χ0v) is 13.6. The lowest BCUT2D eigenvalue weighted by Gasteiger charge is -2.39. The molecule has 1 aromatic rings. The normalized spacial score (nSPS) is 17.6. The summed E-state index contributed by atoms with van der Waals surface area (Å²) in [6.07, 6.45) is -0.298. The number of benzene rings is 1. The maximum absolute atomic E-state index is 12.2. The molecule has 0 fully saturated rings. The molecule has 0 saturated heterocycles. The number of nitrogens with one attached hydrogen (secondary N) is 1. The molecule has 0 saturated carbocycles. The zero-order chi connectivity index (χ0) is 15.5. The van der Waals surface area contributed by atoms with Gasteiger partial charge in [0.1, 0.15) is 6.61 Å². The number of hydrogen-bond acceptors (Lipinski definition) is 4. The molecule has 21 heavy (non-hydrogen) atoms. The van der Waals surface area contributed by atoms with E-state index < -0.39 is 0 Å². The van der Waals surface area contributed by atoms with E-state index in [1.54, 1.807) is 4.90 Å². The third kappa shape index (κ3) is 3.73. The molecule has 0 atom stereocenters. The van der Waals surface area contributed by atoms with Crippen LogP contribution in [0, 0.1) is 5.41 Å². The molecule has 1 aliphatic heterocycles. The Kier molecular flexibility index (Phi) is 4.83. The van der Waals surface area contributed by atoms with Crippen LogP contribution in [0.5, 0.6) is 0 Å². The standard InChI is InChI=1S/C16H22N2O2S/c1-16(2)11-18(9-13(21)14(16)17-3)15(19)20-10-12-7-5-4-6-8-12/h4-8,17,21H,9-11H2,1-3H3. The predicted octanol–water partition coefficient (Wildman–Crippen LogP) is 3.03. The zero-order valence-electron chi connectivity index (χ0n) is 12.7. The molecule has 1 N–H and O–H groups in total. The molecule has 0 aliphatic carbocycles. The summed E-state index contributed by atoms with van der Waals surface area (Å²) in [5.41, 5.74) is 1.91. The molecule has 0 bridgehead atoms. The first-order valence-electron chi connectivity index (χ1n) is 7.00. The van der Waals surface area contributed by atoms with E-state index in [9.17, 15) is 4.79 Å². The highest BCUT2D eigenvalue weighted by molar-refractivity contribution is 7.84. The fourth-order valence-corrected chi connectivity index (χ4v) is 3.27. The van der Waals surface area contributed by atoms with Crippen LogP contribution in [0.3, 0.4) is 0 Å². The third-order valence-electron chi connectivity index (χ3n) is 3.61. The second-order valence-corrected chi connectivity index (χ2v) is 6.39. The summed E-state index contributed by atoms with van der Waals surface area (Å²) in [4.78, 5) is 14.8. The molecule has 1 aromatic carbocycles. The Morgan fingerprint density at radius 2 is 2.05 bits per heavy atom. The van der Waals surface area contributed by atoms with Crippen molar-refractivity contribution in [3.05, 3.63) is 46.5 Å². The third-order valence-corrected chi connectivity index (χ3v) is 3.97. The molecule has 1 amide bonds. The van der Waals surface area contributed by atoms with Gasteiger partial charge >= 0.3 is 6.09 Å². The molecule has 0 unspecified atom stereocenters. The van der Waals surface area contributed by atoms with E-state index in [4.69, 9.17) is 4.74 Å². The van der Waals surface area contributed by atoms with Crippen LogP contribution < -0.4 is 5.32 Å². The maximum atomic E-state index is 12.2. The number of ether oxygens (including phenoxy) is 1. The van der Waals surface area contributed by atoms with Gasteiger partial charge in [0.2, 0.25) is 0 Å². The summed E-state index contributed by atoms with van der Waals surface area (Å²) >= 11 is 4.51. The fourth-order valence-electron chi connectivity index (χ4n) is 2.68. The Bertz CT molecular complexity index is 540. The quantitative estimate of drug-likeness (QED) is 0.844. The summed E-state index contributed by atoms with van der Waals surface area (Å²) in [5.74, 6) is 0. The Balaban J connectivity index is 2.00. The molecule has 2 rings (SSSR count). The van der Waals surface area contributed by atoms with E-state index in [-0.39, 0.29) is 11.5 Å². The SMILES string of the molecule is CNC1=C(S)CN(C(=O)OCc2ccccc2)CC1(C)C. The van der Waals surface area contributed by atoms with Crippen LogP contribution in [0.25, 0.3) is 0 Å². The van der Waals surface area contributed by atoms with Gasteiger partial charge in [-0.25, -0.2) is 4.79 Å². The minimum atomic E-state index is -0.298. The van der Waals surface area contributed by atoms with Gasteiger partial charge in [0.05, 0.1) is 6.54 Å². The van der Waals surface area contributed by atoms with Gasteiger partial charge in [0, 0.05) is 29.6 Å². The Morgan fingerprint density at radius 3 is 2.62 bits per heavy atom. The van der Waals surface area contributed by atoms with E-state index in [2.05, 4.69) is 31.8 Å². The summed E-state index contributed by atoms with van der Waals surface area (Å²) < 4.78 is 5.39. The molecular formula is C16H22N2O2S. The van der Waals surface area contributed by atoms with Crippen molar-refractivity contribution in [2.24, 2.45) is 5.41 Å². The number of hydrogen-bond donors (Lipinski definition) is 2. The smallest absolute Gasteiger partial charge is 0.410 e. The van der Waals surface area contributed by atoms with Crippen molar-refractivity contribution < 1.29 is 9.53 Å². The van der Waals surface area contributed by atoms with Gasteiger partial charge in [-0.1, -0.05) is 44.2 Å². The summed E-state index contributed by atoms with van der Waals surface area (Å²) in [6.45, 7) is 5.57. The monoisotopic (exact) mass is 306 g/mol. The topological polar surface area (TPSA) is 41.6 Å². The predicted molar refractivity (Wildman–Crippen MR) is 87.1 cm³/mol. The van der Waals surface area contributed by atoms with Crippen molar-refractivity contribution in [3.63, 3.8) is 0 Å². The molecular weight excluding hydrogens is 284 g/mol. The summed E-state index contributed by atoms with van der Waals surface area (Å²) in [7, 11) is 1.89. The van der Waals surface area contributed by atoms with Crippen LogP contribution in [0.15, 0.2) is 40.9 Å². The summed E-state index contributed by atoms with van der Waals surface area (Å²) in [5, 5.41) is 3.19. The number of nitrogens with zero attached hydrogens (tertiary/aromatic N) is 1. The van der Waals surface area contributed by atoms with E-state index >= 15 is 0 Å². The van der Waals surface area contributed by atoms with Crippen molar-refractivity contribution >= 4 is 18.7 Å². The molecule has 114 valence electrons. The number of carbonyl (C=O) groups is 1. The van der Waals surface area contributed by atoms with Crippen LogP contribution in [0.1, 0.15) is 19.4 Å². The molecule has 4 nitrogen and oxygen atoms in total. The minimum absolute atomic E-state index is 0.157. The first kappa shape index (κ1) is 15.8. The van der Waals surface area contributed by atoms with E-state index in [0.29, 0.717) is 19.7 Å². The maximum Gasteiger partial charge on any atom is 0.410 e. The molecule has 1 heterocycles. The van der Waals surface area contributed by atoms with E-state index in [1.807, 2.05) is 37.4 Å². The van der Waals surface area contributed by atoms with Crippen LogP contribution in [0.4, 0.5) is 4.79 Å². The molecule has 0 spiro atoms. The highest BCUT2D eigenvalue weighted by Crippen LogP contribution is 2.34. The highest BCUT2D eigenvalue weighted by Gasteiger charge is 2.35.